The van der Waals surface area contributed by atoms with Crippen molar-refractivity contribution in [2.24, 2.45) is 0 Å². The van der Waals surface area contributed by atoms with Gasteiger partial charge in [-0.3, -0.25) is 9.59 Å². The van der Waals surface area contributed by atoms with Crippen LogP contribution in [0.5, 0.6) is 0 Å². The van der Waals surface area contributed by atoms with Gasteiger partial charge >= 0.3 is 0 Å². The summed E-state index contributed by atoms with van der Waals surface area (Å²) in [6.07, 6.45) is 0. The number of hydrogen-bond acceptors (Lipinski definition) is 3. The second-order valence-electron chi connectivity index (χ2n) is 4.42. The number of rotatable bonds is 6. The van der Waals surface area contributed by atoms with Crippen molar-refractivity contribution < 1.29 is 14.3 Å². The van der Waals surface area contributed by atoms with Gasteiger partial charge < -0.3 is 15.4 Å². The summed E-state index contributed by atoms with van der Waals surface area (Å²) in [5.41, 5.74) is 1.48. The Balaban J connectivity index is 2.61. The molecule has 2 amide bonds. The Kier molecular flexibility index (Phi) is 6.67. The van der Waals surface area contributed by atoms with Crippen LogP contribution in [0.1, 0.15) is 22.8 Å². The molecule has 0 aliphatic rings. The van der Waals surface area contributed by atoms with E-state index >= 15 is 0 Å². The van der Waals surface area contributed by atoms with Crippen LogP contribution in [0.4, 0.5) is 0 Å². The van der Waals surface area contributed by atoms with Crippen LogP contribution in [0, 0.1) is 6.92 Å². The fraction of sp³-hybridized carbons (Fsp3) is 0.429. The molecule has 2 N–H and O–H groups in total. The molecule has 1 rings (SSSR count). The van der Waals surface area contributed by atoms with Crippen LogP contribution in [0.2, 0.25) is 0 Å². The number of ether oxygens (including phenoxy) is 1. The quantitative estimate of drug-likeness (QED) is 0.772. The highest BCUT2D eigenvalue weighted by atomic mass is 79.9. The van der Waals surface area contributed by atoms with Crippen LogP contribution < -0.4 is 10.6 Å². The van der Waals surface area contributed by atoms with E-state index in [0.29, 0.717) is 18.7 Å². The van der Waals surface area contributed by atoms with E-state index in [0.717, 1.165) is 10.0 Å². The molecule has 0 spiro atoms. The Morgan fingerprint density at radius 1 is 1.40 bits per heavy atom. The van der Waals surface area contributed by atoms with Gasteiger partial charge in [0.15, 0.2) is 0 Å². The van der Waals surface area contributed by atoms with Gasteiger partial charge in [-0.15, -0.1) is 0 Å². The number of hydrogen-bond donors (Lipinski definition) is 2. The van der Waals surface area contributed by atoms with Gasteiger partial charge in [0.05, 0.1) is 12.2 Å². The van der Waals surface area contributed by atoms with E-state index in [9.17, 15) is 9.59 Å². The Labute approximate surface area is 127 Å². The second kappa shape index (κ2) is 8.01. The van der Waals surface area contributed by atoms with Crippen LogP contribution in [-0.4, -0.2) is 38.1 Å². The lowest BCUT2D eigenvalue weighted by Gasteiger charge is -2.15. The van der Waals surface area contributed by atoms with Crippen molar-refractivity contribution in [2.75, 3.05) is 20.3 Å². The monoisotopic (exact) mass is 342 g/mol. The maximum Gasteiger partial charge on any atom is 0.253 e. The smallest absolute Gasteiger partial charge is 0.253 e. The summed E-state index contributed by atoms with van der Waals surface area (Å²) in [6, 6.07) is 4.81. The molecule has 0 aromatic heterocycles. The van der Waals surface area contributed by atoms with Gasteiger partial charge in [0.2, 0.25) is 5.91 Å². The second-order valence-corrected chi connectivity index (χ2v) is 5.21. The summed E-state index contributed by atoms with van der Waals surface area (Å²) in [5.74, 6) is -0.519. The summed E-state index contributed by atoms with van der Waals surface area (Å²) in [7, 11) is 1.56. The van der Waals surface area contributed by atoms with Crippen molar-refractivity contribution >= 4 is 27.7 Å². The molecular formula is C14H19BrN2O3. The van der Waals surface area contributed by atoms with Crippen molar-refractivity contribution in [3.63, 3.8) is 0 Å². The molecule has 1 unspecified atom stereocenters. The molecule has 0 radical (unpaired) electrons. The highest BCUT2D eigenvalue weighted by Gasteiger charge is 2.18. The third kappa shape index (κ3) is 4.61. The van der Waals surface area contributed by atoms with Crippen LogP contribution in [0.25, 0.3) is 0 Å². The zero-order chi connectivity index (χ0) is 15.1. The SMILES string of the molecule is COCCNC(=O)C(C)NC(=O)c1cccc(C)c1Br. The molecule has 0 saturated carbocycles. The molecule has 110 valence electrons. The largest absolute Gasteiger partial charge is 0.383 e. The Morgan fingerprint density at radius 3 is 2.75 bits per heavy atom. The minimum Gasteiger partial charge on any atom is -0.383 e. The van der Waals surface area contributed by atoms with E-state index in [4.69, 9.17) is 4.74 Å². The fourth-order valence-corrected chi connectivity index (χ4v) is 2.04. The van der Waals surface area contributed by atoms with Gasteiger partial charge in [0.1, 0.15) is 6.04 Å². The minimum absolute atomic E-state index is 0.237. The zero-order valence-corrected chi connectivity index (χ0v) is 13.4. The van der Waals surface area contributed by atoms with Crippen molar-refractivity contribution in [1.29, 1.82) is 0 Å². The summed E-state index contributed by atoms with van der Waals surface area (Å²) in [6.45, 7) is 4.41. The van der Waals surface area contributed by atoms with E-state index in [1.54, 1.807) is 26.2 Å². The molecule has 1 aromatic carbocycles. The van der Waals surface area contributed by atoms with Gasteiger partial charge in [-0.1, -0.05) is 12.1 Å². The van der Waals surface area contributed by atoms with E-state index in [1.807, 2.05) is 13.0 Å². The first kappa shape index (κ1) is 16.7. The number of nitrogens with one attached hydrogen (secondary N) is 2. The molecule has 0 saturated heterocycles. The highest BCUT2D eigenvalue weighted by Crippen LogP contribution is 2.20. The van der Waals surface area contributed by atoms with Crippen LogP contribution in [-0.2, 0) is 9.53 Å². The average Bonchev–Trinajstić information content (AvgIpc) is 2.41. The highest BCUT2D eigenvalue weighted by molar-refractivity contribution is 9.10. The normalized spacial score (nSPS) is 11.8. The molecule has 0 fully saturated rings. The predicted molar refractivity (Wildman–Crippen MR) is 80.7 cm³/mol. The first-order chi connectivity index (χ1) is 9.47. The Morgan fingerprint density at radius 2 is 2.10 bits per heavy atom. The summed E-state index contributed by atoms with van der Waals surface area (Å²) in [4.78, 5) is 23.9. The maximum atomic E-state index is 12.1. The van der Waals surface area contributed by atoms with E-state index in [2.05, 4.69) is 26.6 Å². The zero-order valence-electron chi connectivity index (χ0n) is 11.8. The molecule has 20 heavy (non-hydrogen) atoms. The maximum absolute atomic E-state index is 12.1. The molecule has 0 aliphatic carbocycles. The molecular weight excluding hydrogens is 324 g/mol. The summed E-state index contributed by atoms with van der Waals surface area (Å²) < 4.78 is 5.58. The number of halogens is 1. The lowest BCUT2D eigenvalue weighted by atomic mass is 10.1. The molecule has 0 aliphatic heterocycles. The molecule has 1 atom stereocenters. The molecule has 6 heteroatoms. The van der Waals surface area contributed by atoms with Crippen molar-refractivity contribution in [1.82, 2.24) is 10.6 Å². The first-order valence-electron chi connectivity index (χ1n) is 6.30. The standard InChI is InChI=1S/C14H19BrN2O3/c1-9-5-4-6-11(12(9)15)14(19)17-10(2)13(18)16-7-8-20-3/h4-6,10H,7-8H2,1-3H3,(H,16,18)(H,17,19). The number of carbonyl (C=O) groups is 2. The van der Waals surface area contributed by atoms with Crippen molar-refractivity contribution in [2.45, 2.75) is 19.9 Å². The molecule has 0 bridgehead atoms. The minimum atomic E-state index is -0.605. The Bertz CT molecular complexity index is 491. The van der Waals surface area contributed by atoms with Gasteiger partial charge in [-0.25, -0.2) is 0 Å². The fourth-order valence-electron chi connectivity index (χ4n) is 1.59. The lowest BCUT2D eigenvalue weighted by Crippen LogP contribution is -2.45. The molecule has 1 aromatic rings. The first-order valence-corrected chi connectivity index (χ1v) is 7.09. The van der Waals surface area contributed by atoms with E-state index < -0.39 is 6.04 Å². The van der Waals surface area contributed by atoms with Crippen LogP contribution in [0.15, 0.2) is 22.7 Å². The van der Waals surface area contributed by atoms with Gasteiger partial charge in [0.25, 0.3) is 5.91 Å². The summed E-state index contributed by atoms with van der Waals surface area (Å²) in [5, 5.41) is 5.34. The lowest BCUT2D eigenvalue weighted by molar-refractivity contribution is -0.122. The van der Waals surface area contributed by atoms with Gasteiger partial charge in [-0.05, 0) is 41.4 Å². The number of carbonyl (C=O) groups excluding carboxylic acids is 2. The third-order valence-corrected chi connectivity index (χ3v) is 3.84. The summed E-state index contributed by atoms with van der Waals surface area (Å²) >= 11 is 3.38. The number of benzene rings is 1. The third-order valence-electron chi connectivity index (χ3n) is 2.78. The average molecular weight is 343 g/mol. The molecule has 0 heterocycles. The topological polar surface area (TPSA) is 67.4 Å². The number of aryl methyl sites for hydroxylation is 1. The Hall–Kier alpha value is -1.40. The number of amides is 2. The predicted octanol–water partition coefficient (Wildman–Crippen LogP) is 1.64. The van der Waals surface area contributed by atoms with Crippen LogP contribution >= 0.6 is 15.9 Å². The van der Waals surface area contributed by atoms with Crippen LogP contribution in [0.3, 0.4) is 0 Å². The van der Waals surface area contributed by atoms with Gasteiger partial charge in [0, 0.05) is 18.1 Å². The van der Waals surface area contributed by atoms with Crippen molar-refractivity contribution in [3.8, 4) is 0 Å². The van der Waals surface area contributed by atoms with E-state index in [-0.39, 0.29) is 11.8 Å². The van der Waals surface area contributed by atoms with Crippen molar-refractivity contribution in [3.05, 3.63) is 33.8 Å². The number of methoxy groups -OCH3 is 1. The molecule has 5 nitrogen and oxygen atoms in total. The van der Waals surface area contributed by atoms with Gasteiger partial charge in [-0.2, -0.15) is 0 Å². The van der Waals surface area contributed by atoms with E-state index in [1.165, 1.54) is 0 Å².